The first-order valence-electron chi connectivity index (χ1n) is 16.2. The lowest BCUT2D eigenvalue weighted by Crippen LogP contribution is -2.57. The zero-order chi connectivity index (χ0) is 33.4. The Kier molecular flexibility index (Phi) is 8.40. The number of aromatic nitrogens is 3. The van der Waals surface area contributed by atoms with E-state index in [0.29, 0.717) is 29.6 Å². The normalized spacial score (nSPS) is 24.8. The molecule has 6 atom stereocenters. The van der Waals surface area contributed by atoms with Crippen molar-refractivity contribution in [1.29, 1.82) is 0 Å². The van der Waals surface area contributed by atoms with E-state index in [2.05, 4.69) is 23.5 Å². The van der Waals surface area contributed by atoms with Gasteiger partial charge in [-0.1, -0.05) is 78.0 Å². The summed E-state index contributed by atoms with van der Waals surface area (Å²) in [5.74, 6) is -2.76. The van der Waals surface area contributed by atoms with E-state index in [1.165, 1.54) is 4.90 Å². The highest BCUT2D eigenvalue weighted by Gasteiger charge is 2.75. The monoisotopic (exact) mass is 646 g/mol. The standard InChI is InChI=1S/C37H38N6O5/c1-3-21-40(24-42-28-18-12-11-17-27(28)38-39-42)36(47)33-37-20-19-30(48-37)31(34(45)41(22-4-2)26-15-9-6-10-16-26)32(37)35(46)43(33)29(23-44)25-13-7-5-8-14-25/h3-18,29-33,44H,1-2,19-24H2/t29-,30+,31-,32+,33?,37?/m1/s1. The molecule has 7 rings (SSSR count). The minimum atomic E-state index is -1.28. The van der Waals surface area contributed by atoms with Crippen molar-refractivity contribution in [3.63, 3.8) is 0 Å². The van der Waals surface area contributed by atoms with Gasteiger partial charge in [0.1, 0.15) is 23.8 Å². The lowest BCUT2D eigenvalue weighted by atomic mass is 9.70. The summed E-state index contributed by atoms with van der Waals surface area (Å²) in [6, 6.07) is 23.9. The van der Waals surface area contributed by atoms with E-state index in [4.69, 9.17) is 4.74 Å². The largest absolute Gasteiger partial charge is 0.394 e. The summed E-state index contributed by atoms with van der Waals surface area (Å²) in [6.07, 6.45) is 3.66. The van der Waals surface area contributed by atoms with Crippen molar-refractivity contribution in [3.05, 3.63) is 116 Å². The molecule has 0 saturated carbocycles. The molecule has 11 nitrogen and oxygen atoms in total. The first kappa shape index (κ1) is 31.5. The average Bonchev–Trinajstić information content (AvgIpc) is 3.87. The number of anilines is 1. The maximum Gasteiger partial charge on any atom is 0.250 e. The number of fused-ring (bicyclic) bond motifs is 2. The van der Waals surface area contributed by atoms with E-state index in [0.717, 1.165) is 5.52 Å². The van der Waals surface area contributed by atoms with Crippen LogP contribution in [0.2, 0.25) is 0 Å². The number of rotatable bonds is 12. The zero-order valence-electron chi connectivity index (χ0n) is 26.5. The molecule has 0 aliphatic carbocycles. The molecule has 3 fully saturated rings. The molecule has 1 spiro atoms. The topological polar surface area (TPSA) is 121 Å². The molecule has 3 saturated heterocycles. The number of likely N-dealkylation sites (tertiary alicyclic amines) is 1. The van der Waals surface area contributed by atoms with Gasteiger partial charge in [-0.25, -0.2) is 4.68 Å². The molecule has 1 aromatic heterocycles. The van der Waals surface area contributed by atoms with Gasteiger partial charge in [0, 0.05) is 18.8 Å². The van der Waals surface area contributed by atoms with Crippen molar-refractivity contribution < 1.29 is 24.2 Å². The molecule has 48 heavy (non-hydrogen) atoms. The van der Waals surface area contributed by atoms with Crippen molar-refractivity contribution in [3.8, 4) is 0 Å². The molecule has 4 heterocycles. The number of carbonyl (C=O) groups is 3. The Morgan fingerprint density at radius 3 is 2.38 bits per heavy atom. The fraction of sp³-hybridized carbons (Fsp3) is 0.324. The number of benzene rings is 3. The fourth-order valence-electron chi connectivity index (χ4n) is 7.99. The van der Waals surface area contributed by atoms with Gasteiger partial charge >= 0.3 is 0 Å². The van der Waals surface area contributed by atoms with E-state index in [1.807, 2.05) is 84.9 Å². The lowest BCUT2D eigenvalue weighted by Gasteiger charge is -2.39. The Balaban J connectivity index is 1.32. The Labute approximate surface area is 278 Å². The lowest BCUT2D eigenvalue weighted by molar-refractivity contribution is -0.152. The third-order valence-corrected chi connectivity index (χ3v) is 9.98. The van der Waals surface area contributed by atoms with Gasteiger partial charge in [-0.15, -0.1) is 18.3 Å². The number of ether oxygens (including phenoxy) is 1. The predicted octanol–water partition coefficient (Wildman–Crippen LogP) is 3.73. The minimum absolute atomic E-state index is 0.0483. The maximum absolute atomic E-state index is 15.0. The minimum Gasteiger partial charge on any atom is -0.394 e. The molecule has 3 amide bonds. The van der Waals surface area contributed by atoms with Crippen molar-refractivity contribution in [2.45, 2.75) is 43.3 Å². The van der Waals surface area contributed by atoms with Gasteiger partial charge in [0.2, 0.25) is 17.7 Å². The van der Waals surface area contributed by atoms with Crippen molar-refractivity contribution in [2.24, 2.45) is 11.8 Å². The molecule has 0 radical (unpaired) electrons. The number of nitrogens with zero attached hydrogens (tertiary/aromatic N) is 6. The number of amides is 3. The van der Waals surface area contributed by atoms with Crippen molar-refractivity contribution in [2.75, 3.05) is 24.6 Å². The van der Waals surface area contributed by atoms with Crippen LogP contribution in [0.25, 0.3) is 11.0 Å². The van der Waals surface area contributed by atoms with Crippen LogP contribution in [0.1, 0.15) is 24.4 Å². The summed E-state index contributed by atoms with van der Waals surface area (Å²) >= 11 is 0. The molecule has 3 aliphatic rings. The molecule has 3 aromatic carbocycles. The van der Waals surface area contributed by atoms with Crippen molar-refractivity contribution >= 4 is 34.4 Å². The number of aliphatic hydroxyl groups is 1. The quantitative estimate of drug-likeness (QED) is 0.233. The number of para-hydroxylation sites is 2. The van der Waals surface area contributed by atoms with E-state index in [1.54, 1.807) is 26.6 Å². The van der Waals surface area contributed by atoms with Gasteiger partial charge in [-0.05, 0) is 42.7 Å². The van der Waals surface area contributed by atoms with Gasteiger partial charge in [0.05, 0.1) is 36.1 Å². The summed E-state index contributed by atoms with van der Waals surface area (Å²) < 4.78 is 8.39. The van der Waals surface area contributed by atoms with Crippen LogP contribution in [0.15, 0.2) is 110 Å². The van der Waals surface area contributed by atoms with Crippen LogP contribution >= 0.6 is 0 Å². The Hall–Kier alpha value is -5.13. The summed E-state index contributed by atoms with van der Waals surface area (Å²) in [5, 5.41) is 19.4. The van der Waals surface area contributed by atoms with Crippen LogP contribution in [0.4, 0.5) is 5.69 Å². The third kappa shape index (κ3) is 5.01. The Morgan fingerprint density at radius 1 is 0.979 bits per heavy atom. The number of carbonyl (C=O) groups excluding carboxylic acids is 3. The van der Waals surface area contributed by atoms with E-state index in [9.17, 15) is 14.7 Å². The summed E-state index contributed by atoms with van der Waals surface area (Å²) in [6.45, 7) is 7.79. The number of hydrogen-bond acceptors (Lipinski definition) is 7. The molecule has 2 bridgehead atoms. The van der Waals surface area contributed by atoms with Crippen molar-refractivity contribution in [1.82, 2.24) is 24.8 Å². The van der Waals surface area contributed by atoms with E-state index in [-0.39, 0.29) is 37.5 Å². The van der Waals surface area contributed by atoms with E-state index < -0.39 is 42.2 Å². The molecular formula is C37H38N6O5. The van der Waals surface area contributed by atoms with Gasteiger partial charge in [-0.3, -0.25) is 14.4 Å². The molecule has 4 aromatic rings. The smallest absolute Gasteiger partial charge is 0.250 e. The second-order valence-corrected chi connectivity index (χ2v) is 12.6. The van der Waals surface area contributed by atoms with Crippen LogP contribution in [0.3, 0.4) is 0 Å². The second-order valence-electron chi connectivity index (χ2n) is 12.6. The van der Waals surface area contributed by atoms with Crippen LogP contribution in [-0.2, 0) is 25.8 Å². The highest BCUT2D eigenvalue weighted by molar-refractivity contribution is 6.03. The van der Waals surface area contributed by atoms with E-state index >= 15 is 4.79 Å². The van der Waals surface area contributed by atoms with Crippen LogP contribution in [0, 0.1) is 11.8 Å². The highest BCUT2D eigenvalue weighted by Crippen LogP contribution is 2.60. The summed E-state index contributed by atoms with van der Waals surface area (Å²) in [5.41, 5.74) is 1.52. The SMILES string of the molecule is C=CCN(Cn1nnc2ccccc21)C(=O)C1N([C@H](CO)c2ccccc2)C(=O)[C@@H]2[C@H](C(=O)N(CC=C)c3ccccc3)[C@@H]3CCC12O3. The number of hydrogen-bond donors (Lipinski definition) is 1. The van der Waals surface area contributed by atoms with Gasteiger partial charge in [0.25, 0.3) is 0 Å². The fourth-order valence-corrected chi connectivity index (χ4v) is 7.99. The summed E-state index contributed by atoms with van der Waals surface area (Å²) in [4.78, 5) is 49.1. The third-order valence-electron chi connectivity index (χ3n) is 9.98. The van der Waals surface area contributed by atoms with Crippen LogP contribution in [0.5, 0.6) is 0 Å². The molecule has 11 heteroatoms. The first-order chi connectivity index (χ1) is 23.4. The number of aliphatic hydroxyl groups excluding tert-OH is 1. The molecular weight excluding hydrogens is 608 g/mol. The van der Waals surface area contributed by atoms with Crippen LogP contribution in [-0.4, -0.2) is 85.1 Å². The Morgan fingerprint density at radius 2 is 1.67 bits per heavy atom. The highest BCUT2D eigenvalue weighted by atomic mass is 16.5. The van der Waals surface area contributed by atoms with Gasteiger partial charge in [-0.2, -0.15) is 0 Å². The molecule has 246 valence electrons. The predicted molar refractivity (Wildman–Crippen MR) is 179 cm³/mol. The zero-order valence-corrected chi connectivity index (χ0v) is 26.5. The van der Waals surface area contributed by atoms with Crippen LogP contribution < -0.4 is 4.90 Å². The molecule has 2 unspecified atom stereocenters. The summed E-state index contributed by atoms with van der Waals surface area (Å²) in [7, 11) is 0. The average molecular weight is 647 g/mol. The maximum atomic E-state index is 15.0. The Bertz CT molecular complexity index is 1850. The second kappa shape index (κ2) is 12.8. The van der Waals surface area contributed by atoms with Gasteiger partial charge in [0.15, 0.2) is 0 Å². The van der Waals surface area contributed by atoms with Gasteiger partial charge < -0.3 is 24.5 Å². The molecule has 1 N–H and O–H groups in total. The molecule has 3 aliphatic heterocycles. The first-order valence-corrected chi connectivity index (χ1v) is 16.2.